The minimum absolute atomic E-state index is 0.0845. The van der Waals surface area contributed by atoms with Gasteiger partial charge in [0.15, 0.2) is 5.78 Å². The number of rotatable bonds is 9. The van der Waals surface area contributed by atoms with Crippen LogP contribution in [-0.4, -0.2) is 70.5 Å². The highest BCUT2D eigenvalue weighted by atomic mass is 16.2. The molecule has 0 spiro atoms. The molecule has 1 aromatic heterocycles. The lowest BCUT2D eigenvalue weighted by atomic mass is 9.85. The van der Waals surface area contributed by atoms with E-state index in [-0.39, 0.29) is 47.2 Å². The SMILES string of the molecule is C=CC(=O)[C@H](C[C@@H]1CCNC1=O)NC(=O)[C@@H]1[C@@H]2[C@H](CN1C(=O)[C@@H](NC(=O)c1cc3c(C)cccc3[nH]1)C(C)(C)C)C2(C)C. The fourth-order valence-electron chi connectivity index (χ4n) is 7.07. The lowest BCUT2D eigenvalue weighted by Gasteiger charge is -2.38. The van der Waals surface area contributed by atoms with Crippen molar-refractivity contribution < 1.29 is 24.0 Å². The van der Waals surface area contributed by atoms with E-state index < -0.39 is 35.4 Å². The Labute approximate surface area is 252 Å². The molecule has 4 amide bonds. The average molecular weight is 590 g/mol. The first-order valence-electron chi connectivity index (χ1n) is 15.1. The smallest absolute Gasteiger partial charge is 0.268 e. The highest BCUT2D eigenvalue weighted by Gasteiger charge is 2.69. The Kier molecular flexibility index (Phi) is 7.77. The van der Waals surface area contributed by atoms with E-state index in [4.69, 9.17) is 0 Å². The molecule has 3 heterocycles. The maximum Gasteiger partial charge on any atom is 0.268 e. The lowest BCUT2D eigenvalue weighted by molar-refractivity contribution is -0.144. The summed E-state index contributed by atoms with van der Waals surface area (Å²) in [5.41, 5.74) is 1.42. The molecule has 1 aliphatic carbocycles. The number of carbonyl (C=O) groups excluding carboxylic acids is 5. The topological polar surface area (TPSA) is 140 Å². The molecule has 10 nitrogen and oxygen atoms in total. The third-order valence-electron chi connectivity index (χ3n) is 9.82. The number of hydrogen-bond donors (Lipinski definition) is 4. The van der Waals surface area contributed by atoms with Crippen LogP contribution in [0.1, 0.15) is 63.5 Å². The van der Waals surface area contributed by atoms with Crippen molar-refractivity contribution in [3.63, 3.8) is 0 Å². The van der Waals surface area contributed by atoms with Gasteiger partial charge in [-0.05, 0) is 66.2 Å². The Balaban J connectivity index is 1.38. The number of fused-ring (bicyclic) bond motifs is 2. The number of piperidine rings is 1. The zero-order valence-corrected chi connectivity index (χ0v) is 25.9. The van der Waals surface area contributed by atoms with Crippen LogP contribution in [0.25, 0.3) is 10.9 Å². The first kappa shape index (κ1) is 30.5. The second kappa shape index (κ2) is 11.0. The van der Waals surface area contributed by atoms with Crippen molar-refractivity contribution >= 4 is 40.3 Å². The van der Waals surface area contributed by atoms with Crippen LogP contribution in [0.15, 0.2) is 36.9 Å². The van der Waals surface area contributed by atoms with E-state index in [2.05, 4.69) is 41.4 Å². The largest absolute Gasteiger partial charge is 0.356 e. The molecule has 0 unspecified atom stereocenters. The molecular formula is C33H43N5O5. The molecule has 3 fully saturated rings. The normalized spacial score (nSPS) is 25.4. The van der Waals surface area contributed by atoms with Crippen molar-refractivity contribution in [1.29, 1.82) is 0 Å². The van der Waals surface area contributed by atoms with Gasteiger partial charge < -0.3 is 25.8 Å². The van der Waals surface area contributed by atoms with Crippen molar-refractivity contribution in [2.75, 3.05) is 13.1 Å². The quantitative estimate of drug-likeness (QED) is 0.333. The summed E-state index contributed by atoms with van der Waals surface area (Å²) in [5, 5.41) is 9.54. The Hall–Kier alpha value is -3.95. The van der Waals surface area contributed by atoms with E-state index in [1.807, 2.05) is 45.9 Å². The standard InChI is InChI=1S/C33H43N5O5/c1-8-24(39)22(14-18-12-13-34-28(18)40)36-30(42)26-25-20(33(25,6)7)16-38(26)31(43)27(32(3,4)5)37-29(41)23-15-19-17(2)10-9-11-21(19)35-23/h8-11,15,18,20,22,25-27,35H,1,12-14,16H2,2-7H3,(H,34,40)(H,36,42)(H,37,41)/t18-,20-,22-,25-,26-,27+/m0/s1. The van der Waals surface area contributed by atoms with Gasteiger partial charge in [-0.2, -0.15) is 0 Å². The molecule has 1 saturated carbocycles. The number of amides is 4. The van der Waals surface area contributed by atoms with Crippen LogP contribution in [-0.2, 0) is 19.2 Å². The molecule has 10 heteroatoms. The molecule has 1 aromatic carbocycles. The van der Waals surface area contributed by atoms with Gasteiger partial charge in [-0.1, -0.05) is 53.3 Å². The predicted octanol–water partition coefficient (Wildman–Crippen LogP) is 2.87. The summed E-state index contributed by atoms with van der Waals surface area (Å²) in [5.74, 6) is -2.01. The molecule has 2 saturated heterocycles. The van der Waals surface area contributed by atoms with Crippen LogP contribution in [0.2, 0.25) is 0 Å². The van der Waals surface area contributed by atoms with Crippen LogP contribution >= 0.6 is 0 Å². The van der Waals surface area contributed by atoms with E-state index in [1.54, 1.807) is 11.0 Å². The number of nitrogens with zero attached hydrogens (tertiary/aromatic N) is 1. The summed E-state index contributed by atoms with van der Waals surface area (Å²) in [6, 6.07) is 4.95. The van der Waals surface area contributed by atoms with Crippen molar-refractivity contribution in [3.8, 4) is 0 Å². The molecule has 43 heavy (non-hydrogen) atoms. The maximum atomic E-state index is 14.3. The summed E-state index contributed by atoms with van der Waals surface area (Å²) in [4.78, 5) is 71.4. The van der Waals surface area contributed by atoms with Gasteiger partial charge in [-0.3, -0.25) is 24.0 Å². The molecule has 3 aliphatic rings. The fraction of sp³-hybridized carbons (Fsp3) is 0.545. The monoisotopic (exact) mass is 589 g/mol. The van der Waals surface area contributed by atoms with E-state index in [1.165, 1.54) is 0 Å². The van der Waals surface area contributed by atoms with Gasteiger partial charge in [-0.25, -0.2) is 0 Å². The highest BCUT2D eigenvalue weighted by Crippen LogP contribution is 2.65. The second-order valence-corrected chi connectivity index (χ2v) is 14.1. The Morgan fingerprint density at radius 2 is 1.91 bits per heavy atom. The Morgan fingerprint density at radius 1 is 1.19 bits per heavy atom. The lowest BCUT2D eigenvalue weighted by Crippen LogP contribution is -2.60. The number of H-pyrrole nitrogens is 1. The second-order valence-electron chi connectivity index (χ2n) is 14.1. The van der Waals surface area contributed by atoms with E-state index >= 15 is 0 Å². The van der Waals surface area contributed by atoms with Gasteiger partial charge in [0.25, 0.3) is 5.91 Å². The van der Waals surface area contributed by atoms with Gasteiger partial charge in [0.1, 0.15) is 17.8 Å². The van der Waals surface area contributed by atoms with Crippen LogP contribution < -0.4 is 16.0 Å². The number of likely N-dealkylation sites (tertiary alicyclic amines) is 1. The average Bonchev–Trinajstić information content (AvgIpc) is 3.46. The summed E-state index contributed by atoms with van der Waals surface area (Å²) < 4.78 is 0. The molecule has 6 atom stereocenters. The number of aryl methyl sites for hydroxylation is 1. The molecule has 4 N–H and O–H groups in total. The summed E-state index contributed by atoms with van der Waals surface area (Å²) in [6.07, 6.45) is 1.92. The number of hydrogen-bond acceptors (Lipinski definition) is 5. The van der Waals surface area contributed by atoms with Gasteiger partial charge in [-0.15, -0.1) is 0 Å². The number of ketones is 1. The third-order valence-corrected chi connectivity index (χ3v) is 9.82. The molecule has 5 rings (SSSR count). The van der Waals surface area contributed by atoms with Crippen LogP contribution in [0.5, 0.6) is 0 Å². The van der Waals surface area contributed by atoms with Crippen LogP contribution in [0.3, 0.4) is 0 Å². The number of nitrogens with one attached hydrogen (secondary N) is 4. The summed E-state index contributed by atoms with van der Waals surface area (Å²) in [7, 11) is 0. The van der Waals surface area contributed by atoms with Crippen molar-refractivity contribution in [1.82, 2.24) is 25.8 Å². The number of benzene rings is 1. The Bertz CT molecular complexity index is 1500. The Morgan fingerprint density at radius 3 is 2.51 bits per heavy atom. The van der Waals surface area contributed by atoms with Crippen molar-refractivity contribution in [3.05, 3.63) is 48.2 Å². The van der Waals surface area contributed by atoms with Crippen molar-refractivity contribution in [2.45, 2.75) is 72.5 Å². The zero-order valence-electron chi connectivity index (χ0n) is 25.9. The first-order chi connectivity index (χ1) is 20.1. The van der Waals surface area contributed by atoms with Crippen molar-refractivity contribution in [2.24, 2.45) is 28.6 Å². The van der Waals surface area contributed by atoms with Gasteiger partial charge >= 0.3 is 0 Å². The van der Waals surface area contributed by atoms with Crippen LogP contribution in [0, 0.1) is 35.5 Å². The van der Waals surface area contributed by atoms with E-state index in [9.17, 15) is 24.0 Å². The zero-order chi connectivity index (χ0) is 31.4. The van der Waals surface area contributed by atoms with E-state index in [0.29, 0.717) is 25.2 Å². The summed E-state index contributed by atoms with van der Waals surface area (Å²) in [6.45, 7) is 16.3. The van der Waals surface area contributed by atoms with Gasteiger partial charge in [0.2, 0.25) is 17.7 Å². The number of aromatic amines is 1. The minimum Gasteiger partial charge on any atom is -0.356 e. The number of carbonyl (C=O) groups is 5. The molecule has 0 bridgehead atoms. The first-order valence-corrected chi connectivity index (χ1v) is 15.1. The minimum atomic E-state index is -0.916. The fourth-order valence-corrected chi connectivity index (χ4v) is 7.07. The van der Waals surface area contributed by atoms with E-state index in [0.717, 1.165) is 22.5 Å². The maximum absolute atomic E-state index is 14.3. The molecule has 0 radical (unpaired) electrons. The van der Waals surface area contributed by atoms with Gasteiger partial charge in [0, 0.05) is 29.9 Å². The molecule has 2 aliphatic heterocycles. The summed E-state index contributed by atoms with van der Waals surface area (Å²) >= 11 is 0. The third kappa shape index (κ3) is 5.59. The predicted molar refractivity (Wildman–Crippen MR) is 163 cm³/mol. The molecule has 2 aromatic rings. The molecule has 230 valence electrons. The molecular weight excluding hydrogens is 546 g/mol. The van der Waals surface area contributed by atoms with Gasteiger partial charge in [0.05, 0.1) is 6.04 Å². The highest BCUT2D eigenvalue weighted by molar-refractivity contribution is 6.02. The van der Waals surface area contributed by atoms with Crippen LogP contribution in [0.4, 0.5) is 0 Å². The number of aromatic nitrogens is 1.